The Morgan fingerprint density at radius 3 is 2.73 bits per heavy atom. The lowest BCUT2D eigenvalue weighted by molar-refractivity contribution is 0.0902. The van der Waals surface area contributed by atoms with Crippen LogP contribution < -0.4 is 15.8 Å². The lowest BCUT2D eigenvalue weighted by Gasteiger charge is -2.35. The van der Waals surface area contributed by atoms with E-state index >= 15 is 0 Å². The van der Waals surface area contributed by atoms with E-state index in [0.717, 1.165) is 44.5 Å². The molecule has 0 bridgehead atoms. The van der Waals surface area contributed by atoms with E-state index in [4.69, 9.17) is 11.6 Å². The molecule has 2 fully saturated rings. The molecule has 0 atom stereocenters. The lowest BCUT2D eigenvalue weighted by atomic mass is 9.78. The predicted molar refractivity (Wildman–Crippen MR) is 97.8 cm³/mol. The highest BCUT2D eigenvalue weighted by Crippen LogP contribution is 2.36. The lowest BCUT2D eigenvalue weighted by Crippen LogP contribution is -2.44. The first-order valence-corrected chi connectivity index (χ1v) is 9.23. The van der Waals surface area contributed by atoms with E-state index < -0.39 is 0 Å². The third-order valence-corrected chi connectivity index (χ3v) is 5.32. The van der Waals surface area contributed by atoms with E-state index in [0.29, 0.717) is 11.0 Å². The van der Waals surface area contributed by atoms with Crippen LogP contribution in [-0.2, 0) is 7.05 Å². The highest BCUT2D eigenvalue weighted by molar-refractivity contribution is 6.33. The van der Waals surface area contributed by atoms with Crippen LogP contribution in [0.3, 0.4) is 0 Å². The number of amides is 1. The summed E-state index contributed by atoms with van der Waals surface area (Å²) in [5.41, 5.74) is 0.921. The molecule has 2 aromatic rings. The molecule has 3 heterocycles. The fourth-order valence-electron chi connectivity index (χ4n) is 3.60. The van der Waals surface area contributed by atoms with E-state index in [1.807, 2.05) is 0 Å². The third kappa shape index (κ3) is 3.33. The molecule has 1 saturated carbocycles. The minimum Gasteiger partial charge on any atom is -0.348 e. The van der Waals surface area contributed by atoms with Crippen LogP contribution in [0, 0.1) is 0 Å². The van der Waals surface area contributed by atoms with Gasteiger partial charge in [0.05, 0.1) is 10.7 Å². The van der Waals surface area contributed by atoms with Crippen LogP contribution in [0.1, 0.15) is 47.8 Å². The monoisotopic (exact) mass is 376 g/mol. The molecule has 8 nitrogen and oxygen atoms in total. The van der Waals surface area contributed by atoms with Crippen LogP contribution in [0.5, 0.6) is 0 Å². The number of aryl methyl sites for hydroxylation is 1. The average molecular weight is 377 g/mol. The quantitative estimate of drug-likeness (QED) is 0.841. The zero-order chi connectivity index (χ0) is 18.3. The Hall–Kier alpha value is -2.35. The fourth-order valence-corrected chi connectivity index (χ4v) is 3.86. The number of aromatic nitrogens is 4. The predicted octanol–water partition coefficient (Wildman–Crippen LogP) is 1.43. The number of anilines is 1. The van der Waals surface area contributed by atoms with Gasteiger partial charge in [-0.1, -0.05) is 11.6 Å². The maximum Gasteiger partial charge on any atom is 0.273 e. The highest BCUT2D eigenvalue weighted by Gasteiger charge is 2.34. The number of carbonyl (C=O) groups is 1. The van der Waals surface area contributed by atoms with Gasteiger partial charge in [-0.15, -0.1) is 0 Å². The second-order valence-corrected chi connectivity index (χ2v) is 7.43. The Balaban J connectivity index is 1.39. The molecule has 138 valence electrons. The van der Waals surface area contributed by atoms with Gasteiger partial charge in [0, 0.05) is 44.4 Å². The fraction of sp³-hybridized carbons (Fsp3) is 0.529. The molecule has 2 N–H and O–H groups in total. The first-order valence-electron chi connectivity index (χ1n) is 8.86. The van der Waals surface area contributed by atoms with Crippen molar-refractivity contribution < 1.29 is 4.79 Å². The summed E-state index contributed by atoms with van der Waals surface area (Å²) in [5, 5.41) is 7.36. The molecule has 2 aliphatic rings. The molecule has 0 radical (unpaired) electrons. The normalized spacial score (nSPS) is 22.3. The van der Waals surface area contributed by atoms with E-state index in [1.165, 1.54) is 4.68 Å². The number of aromatic amines is 1. The molecule has 1 amide bonds. The standard InChI is InChI=1S/C17H21ClN6O2/c1-23-9-12(18)15(22-23)16(26)19-11-6-10(7-11)13-8-14(25)21-17(20-13)24-4-2-3-5-24/h8-11H,2-7H2,1H3,(H,19,26)(H,20,21,25). The first kappa shape index (κ1) is 17.1. The van der Waals surface area contributed by atoms with Crippen molar-refractivity contribution in [3.63, 3.8) is 0 Å². The van der Waals surface area contributed by atoms with Gasteiger partial charge in [0.1, 0.15) is 0 Å². The number of H-pyrrole nitrogens is 1. The van der Waals surface area contributed by atoms with Gasteiger partial charge in [-0.2, -0.15) is 5.10 Å². The summed E-state index contributed by atoms with van der Waals surface area (Å²) in [5.74, 6) is 0.580. The van der Waals surface area contributed by atoms with Crippen LogP contribution in [0.25, 0.3) is 0 Å². The molecule has 9 heteroatoms. The Morgan fingerprint density at radius 2 is 2.08 bits per heavy atom. The summed E-state index contributed by atoms with van der Waals surface area (Å²) in [7, 11) is 1.72. The third-order valence-electron chi connectivity index (χ3n) is 5.05. The SMILES string of the molecule is Cn1cc(Cl)c(C(=O)NC2CC(c3cc(=O)[nH]c(N4CCCC4)n3)C2)n1. The smallest absolute Gasteiger partial charge is 0.273 e. The Kier molecular flexibility index (Phi) is 4.44. The number of carbonyl (C=O) groups excluding carboxylic acids is 1. The van der Waals surface area contributed by atoms with E-state index in [-0.39, 0.29) is 29.1 Å². The molecule has 0 spiro atoms. The number of rotatable bonds is 4. The van der Waals surface area contributed by atoms with E-state index in [2.05, 4.69) is 25.3 Å². The van der Waals surface area contributed by atoms with Crippen molar-refractivity contribution in [3.05, 3.63) is 39.0 Å². The summed E-state index contributed by atoms with van der Waals surface area (Å²) >= 11 is 6.01. The summed E-state index contributed by atoms with van der Waals surface area (Å²) in [6.07, 6.45) is 5.36. The van der Waals surface area contributed by atoms with Crippen LogP contribution in [-0.4, -0.2) is 44.8 Å². The molecule has 0 aromatic carbocycles. The number of halogens is 1. The van der Waals surface area contributed by atoms with Gasteiger partial charge in [0.25, 0.3) is 11.5 Å². The van der Waals surface area contributed by atoms with Crippen LogP contribution in [0.4, 0.5) is 5.95 Å². The van der Waals surface area contributed by atoms with E-state index in [9.17, 15) is 9.59 Å². The van der Waals surface area contributed by atoms with Gasteiger partial charge in [0.2, 0.25) is 5.95 Å². The number of hydrogen-bond acceptors (Lipinski definition) is 5. The number of nitrogens with zero attached hydrogens (tertiary/aromatic N) is 4. The summed E-state index contributed by atoms with van der Waals surface area (Å²) < 4.78 is 1.51. The van der Waals surface area contributed by atoms with Crippen molar-refractivity contribution >= 4 is 23.5 Å². The second-order valence-electron chi connectivity index (χ2n) is 7.03. The second kappa shape index (κ2) is 6.75. The molecular weight excluding hydrogens is 356 g/mol. The van der Waals surface area contributed by atoms with Crippen molar-refractivity contribution in [2.45, 2.75) is 37.6 Å². The minimum atomic E-state index is -0.268. The topological polar surface area (TPSA) is 95.9 Å². The molecule has 4 rings (SSSR count). The molecule has 0 unspecified atom stereocenters. The first-order chi connectivity index (χ1) is 12.5. The van der Waals surface area contributed by atoms with Crippen molar-refractivity contribution in [1.29, 1.82) is 0 Å². The molecule has 1 aliphatic heterocycles. The van der Waals surface area contributed by atoms with Gasteiger partial charge >= 0.3 is 0 Å². The van der Waals surface area contributed by atoms with Gasteiger partial charge in [0.15, 0.2) is 5.69 Å². The molecule has 1 aliphatic carbocycles. The molecule has 26 heavy (non-hydrogen) atoms. The van der Waals surface area contributed by atoms with E-state index in [1.54, 1.807) is 19.3 Å². The summed E-state index contributed by atoms with van der Waals surface area (Å²) in [4.78, 5) is 33.8. The van der Waals surface area contributed by atoms with Crippen LogP contribution in [0.15, 0.2) is 17.1 Å². The average Bonchev–Trinajstić information content (AvgIpc) is 3.19. The Labute approximate surface area is 155 Å². The summed E-state index contributed by atoms with van der Waals surface area (Å²) in [6.45, 7) is 1.86. The highest BCUT2D eigenvalue weighted by atomic mass is 35.5. The summed E-state index contributed by atoms with van der Waals surface area (Å²) in [6, 6.07) is 1.61. The van der Waals surface area contributed by atoms with Gasteiger partial charge in [-0.05, 0) is 25.7 Å². The zero-order valence-electron chi connectivity index (χ0n) is 14.5. The Morgan fingerprint density at radius 1 is 1.35 bits per heavy atom. The van der Waals surface area contributed by atoms with Crippen molar-refractivity contribution in [1.82, 2.24) is 25.1 Å². The maximum atomic E-state index is 12.3. The Bertz CT molecular complexity index is 880. The minimum absolute atomic E-state index is 0.0434. The van der Waals surface area contributed by atoms with Gasteiger partial charge in [-0.3, -0.25) is 19.3 Å². The van der Waals surface area contributed by atoms with Crippen molar-refractivity contribution in [2.24, 2.45) is 7.05 Å². The number of hydrogen-bond donors (Lipinski definition) is 2. The van der Waals surface area contributed by atoms with Crippen molar-refractivity contribution in [2.75, 3.05) is 18.0 Å². The molecule has 1 saturated heterocycles. The molecule has 2 aromatic heterocycles. The van der Waals surface area contributed by atoms with Crippen LogP contribution in [0.2, 0.25) is 5.02 Å². The largest absolute Gasteiger partial charge is 0.348 e. The number of nitrogens with one attached hydrogen (secondary N) is 2. The van der Waals surface area contributed by atoms with Crippen LogP contribution >= 0.6 is 11.6 Å². The maximum absolute atomic E-state index is 12.3. The van der Waals surface area contributed by atoms with Gasteiger partial charge in [-0.25, -0.2) is 4.98 Å². The molecular formula is C17H21ClN6O2. The zero-order valence-corrected chi connectivity index (χ0v) is 15.3. The van der Waals surface area contributed by atoms with Crippen molar-refractivity contribution in [3.8, 4) is 0 Å². The van der Waals surface area contributed by atoms with Gasteiger partial charge < -0.3 is 10.2 Å².